The van der Waals surface area contributed by atoms with Crippen LogP contribution in [0, 0.1) is 12.8 Å². The summed E-state index contributed by atoms with van der Waals surface area (Å²) in [6, 6.07) is 16.5. The molecule has 0 radical (unpaired) electrons. The normalized spacial score (nSPS) is 14.3. The van der Waals surface area contributed by atoms with Gasteiger partial charge in [0.15, 0.2) is 0 Å². The Morgan fingerprint density at radius 3 is 2.35 bits per heavy atom. The summed E-state index contributed by atoms with van der Waals surface area (Å²) in [4.78, 5) is 24.2. The molecule has 0 saturated carbocycles. The van der Waals surface area contributed by atoms with E-state index in [-0.39, 0.29) is 6.61 Å². The van der Waals surface area contributed by atoms with Crippen molar-refractivity contribution in [2.75, 3.05) is 6.61 Å². The third-order valence-electron chi connectivity index (χ3n) is 4.73. The first-order chi connectivity index (χ1) is 12.3. The number of rotatable bonds is 8. The van der Waals surface area contributed by atoms with Crippen LogP contribution in [-0.4, -0.2) is 29.1 Å². The summed E-state index contributed by atoms with van der Waals surface area (Å²) < 4.78 is 5.73. The van der Waals surface area contributed by atoms with Crippen LogP contribution < -0.4 is 5.32 Å². The molecule has 0 fully saturated rings. The number of amides is 1. The minimum atomic E-state index is -1.43. The van der Waals surface area contributed by atoms with Gasteiger partial charge in [-0.3, -0.25) is 4.79 Å². The highest BCUT2D eigenvalue weighted by atomic mass is 16.5. The van der Waals surface area contributed by atoms with E-state index in [0.717, 1.165) is 11.1 Å². The van der Waals surface area contributed by atoms with Crippen molar-refractivity contribution in [1.82, 2.24) is 5.32 Å². The number of carboxylic acids is 1. The molecule has 1 amide bonds. The number of aliphatic carboxylic acids is 1. The molecule has 0 aliphatic carbocycles. The van der Waals surface area contributed by atoms with Crippen LogP contribution in [0.15, 0.2) is 54.6 Å². The van der Waals surface area contributed by atoms with E-state index in [1.165, 1.54) is 6.92 Å². The average Bonchev–Trinajstić information content (AvgIpc) is 2.63. The zero-order chi connectivity index (χ0) is 19.2. The quantitative estimate of drug-likeness (QED) is 0.761. The fourth-order valence-corrected chi connectivity index (χ4v) is 2.57. The van der Waals surface area contributed by atoms with Crippen LogP contribution in [0.1, 0.15) is 35.3 Å². The van der Waals surface area contributed by atoms with Crippen molar-refractivity contribution in [1.29, 1.82) is 0 Å². The zero-order valence-electron chi connectivity index (χ0n) is 15.4. The second-order valence-corrected chi connectivity index (χ2v) is 6.67. The minimum Gasteiger partial charge on any atom is -0.480 e. The van der Waals surface area contributed by atoms with Gasteiger partial charge in [-0.25, -0.2) is 4.79 Å². The van der Waals surface area contributed by atoms with Crippen LogP contribution in [0.4, 0.5) is 0 Å². The lowest BCUT2D eigenvalue weighted by Crippen LogP contribution is -2.57. The predicted octanol–water partition coefficient (Wildman–Crippen LogP) is 3.42. The van der Waals surface area contributed by atoms with E-state index < -0.39 is 23.3 Å². The van der Waals surface area contributed by atoms with E-state index in [2.05, 4.69) is 5.32 Å². The summed E-state index contributed by atoms with van der Waals surface area (Å²) >= 11 is 0. The maximum Gasteiger partial charge on any atom is 0.329 e. The van der Waals surface area contributed by atoms with Crippen molar-refractivity contribution < 1.29 is 19.4 Å². The Balaban J connectivity index is 2.01. The molecule has 0 heterocycles. The molecule has 0 saturated heterocycles. The molecule has 2 aromatic carbocycles. The molecule has 138 valence electrons. The monoisotopic (exact) mass is 355 g/mol. The van der Waals surface area contributed by atoms with Crippen LogP contribution in [0.25, 0.3) is 0 Å². The minimum absolute atomic E-state index is 0.214. The SMILES string of the molecule is Cc1ccccc1COCC(C)C(C)(NC(=O)c1ccccc1)C(=O)O. The molecular formula is C21H25NO4. The number of carbonyl (C=O) groups excluding carboxylic acids is 1. The van der Waals surface area contributed by atoms with Crippen LogP contribution in [0.3, 0.4) is 0 Å². The topological polar surface area (TPSA) is 75.6 Å². The van der Waals surface area contributed by atoms with Crippen molar-refractivity contribution in [3.63, 3.8) is 0 Å². The number of benzene rings is 2. The average molecular weight is 355 g/mol. The number of aryl methyl sites for hydroxylation is 1. The second kappa shape index (κ2) is 8.63. The molecule has 0 aliphatic rings. The maximum absolute atomic E-state index is 12.4. The van der Waals surface area contributed by atoms with Crippen molar-refractivity contribution in [3.8, 4) is 0 Å². The summed E-state index contributed by atoms with van der Waals surface area (Å²) in [6.45, 7) is 5.89. The van der Waals surface area contributed by atoms with E-state index in [9.17, 15) is 14.7 Å². The Bertz CT molecular complexity index is 760. The van der Waals surface area contributed by atoms with Gasteiger partial charge in [-0.2, -0.15) is 0 Å². The molecule has 26 heavy (non-hydrogen) atoms. The second-order valence-electron chi connectivity index (χ2n) is 6.67. The summed E-state index contributed by atoms with van der Waals surface area (Å²) in [6.07, 6.45) is 0. The largest absolute Gasteiger partial charge is 0.480 e. The predicted molar refractivity (Wildman–Crippen MR) is 99.9 cm³/mol. The number of hydrogen-bond acceptors (Lipinski definition) is 3. The Kier molecular flexibility index (Phi) is 6.52. The lowest BCUT2D eigenvalue weighted by atomic mass is 9.87. The molecule has 5 nitrogen and oxygen atoms in total. The molecule has 2 atom stereocenters. The first-order valence-corrected chi connectivity index (χ1v) is 8.58. The summed E-state index contributed by atoms with van der Waals surface area (Å²) in [5.74, 6) is -1.92. The Labute approximate surface area is 154 Å². The highest BCUT2D eigenvalue weighted by molar-refractivity contribution is 5.97. The van der Waals surface area contributed by atoms with Gasteiger partial charge in [0.25, 0.3) is 5.91 Å². The molecule has 0 bridgehead atoms. The van der Waals surface area contributed by atoms with Gasteiger partial charge in [0.1, 0.15) is 5.54 Å². The van der Waals surface area contributed by atoms with Crippen molar-refractivity contribution in [2.24, 2.45) is 5.92 Å². The van der Waals surface area contributed by atoms with Gasteiger partial charge in [0.05, 0.1) is 13.2 Å². The molecule has 2 rings (SSSR count). The Morgan fingerprint density at radius 1 is 1.12 bits per heavy atom. The van der Waals surface area contributed by atoms with Gasteiger partial charge >= 0.3 is 5.97 Å². The molecular weight excluding hydrogens is 330 g/mol. The van der Waals surface area contributed by atoms with E-state index in [0.29, 0.717) is 12.2 Å². The van der Waals surface area contributed by atoms with Gasteiger partial charge in [0, 0.05) is 11.5 Å². The fourth-order valence-electron chi connectivity index (χ4n) is 2.57. The van der Waals surface area contributed by atoms with Gasteiger partial charge < -0.3 is 15.2 Å². The van der Waals surface area contributed by atoms with Gasteiger partial charge in [-0.15, -0.1) is 0 Å². The van der Waals surface area contributed by atoms with Crippen LogP contribution in [-0.2, 0) is 16.1 Å². The number of carboxylic acid groups (broad SMARTS) is 1. The molecule has 2 aromatic rings. The van der Waals surface area contributed by atoms with Crippen LogP contribution in [0.2, 0.25) is 0 Å². The van der Waals surface area contributed by atoms with Crippen molar-refractivity contribution in [3.05, 3.63) is 71.3 Å². The third kappa shape index (κ3) is 4.70. The summed E-state index contributed by atoms with van der Waals surface area (Å²) in [5, 5.41) is 12.3. The Morgan fingerprint density at radius 2 is 1.73 bits per heavy atom. The number of ether oxygens (including phenoxy) is 1. The summed E-state index contributed by atoms with van der Waals surface area (Å²) in [5.41, 5.74) is 1.18. The lowest BCUT2D eigenvalue weighted by Gasteiger charge is -2.32. The fraction of sp³-hybridized carbons (Fsp3) is 0.333. The molecule has 0 spiro atoms. The van der Waals surface area contributed by atoms with E-state index in [1.54, 1.807) is 37.3 Å². The standard InChI is InChI=1S/C21H25NO4/c1-15-9-7-8-12-18(15)14-26-13-16(2)21(3,20(24)25)22-19(23)17-10-5-4-6-11-17/h4-12,16H,13-14H2,1-3H3,(H,22,23)(H,24,25). The maximum atomic E-state index is 12.4. The van der Waals surface area contributed by atoms with Crippen molar-refractivity contribution in [2.45, 2.75) is 32.9 Å². The van der Waals surface area contributed by atoms with Gasteiger partial charge in [-0.05, 0) is 37.1 Å². The van der Waals surface area contributed by atoms with Crippen molar-refractivity contribution >= 4 is 11.9 Å². The summed E-state index contributed by atoms with van der Waals surface area (Å²) in [7, 11) is 0. The smallest absolute Gasteiger partial charge is 0.329 e. The molecule has 0 aromatic heterocycles. The number of carbonyl (C=O) groups is 2. The van der Waals surface area contributed by atoms with E-state index in [4.69, 9.17) is 4.74 Å². The van der Waals surface area contributed by atoms with Gasteiger partial charge in [-0.1, -0.05) is 49.4 Å². The number of nitrogens with one attached hydrogen (secondary N) is 1. The number of hydrogen-bond donors (Lipinski definition) is 2. The highest BCUT2D eigenvalue weighted by Gasteiger charge is 2.40. The van der Waals surface area contributed by atoms with E-state index in [1.807, 2.05) is 31.2 Å². The van der Waals surface area contributed by atoms with Gasteiger partial charge in [0.2, 0.25) is 0 Å². The van der Waals surface area contributed by atoms with E-state index >= 15 is 0 Å². The molecule has 2 N–H and O–H groups in total. The molecule has 0 aliphatic heterocycles. The zero-order valence-corrected chi connectivity index (χ0v) is 15.4. The first-order valence-electron chi connectivity index (χ1n) is 8.58. The Hall–Kier alpha value is -2.66. The molecule has 5 heteroatoms. The first kappa shape index (κ1) is 19.7. The molecule has 2 unspecified atom stereocenters. The lowest BCUT2D eigenvalue weighted by molar-refractivity contribution is -0.147. The van der Waals surface area contributed by atoms with Crippen LogP contribution >= 0.6 is 0 Å². The highest BCUT2D eigenvalue weighted by Crippen LogP contribution is 2.20. The third-order valence-corrected chi connectivity index (χ3v) is 4.73. The van der Waals surface area contributed by atoms with Crippen LogP contribution in [0.5, 0.6) is 0 Å².